The van der Waals surface area contributed by atoms with Gasteiger partial charge in [0.25, 0.3) is 0 Å². The van der Waals surface area contributed by atoms with Crippen molar-refractivity contribution < 1.29 is 9.53 Å². The van der Waals surface area contributed by atoms with E-state index in [1.807, 2.05) is 83.8 Å². The van der Waals surface area contributed by atoms with Crippen LogP contribution in [0.1, 0.15) is 35.4 Å². The molecule has 182 valence electrons. The maximum Gasteiger partial charge on any atom is 0.321 e. The Morgan fingerprint density at radius 1 is 0.914 bits per heavy atom. The van der Waals surface area contributed by atoms with Gasteiger partial charge in [-0.25, -0.2) is 4.79 Å². The summed E-state index contributed by atoms with van der Waals surface area (Å²) in [6, 6.07) is 25.1. The molecule has 0 spiro atoms. The third-order valence-electron chi connectivity index (χ3n) is 5.74. The Kier molecular flexibility index (Phi) is 10.2. The molecule has 0 aromatic heterocycles. The molecule has 6 nitrogen and oxygen atoms in total. The van der Waals surface area contributed by atoms with Crippen molar-refractivity contribution >= 4 is 11.7 Å². The van der Waals surface area contributed by atoms with Crippen LogP contribution in [0.5, 0.6) is 5.75 Å². The van der Waals surface area contributed by atoms with Crippen LogP contribution in [0.4, 0.5) is 10.5 Å². The first-order valence-electron chi connectivity index (χ1n) is 11.9. The van der Waals surface area contributed by atoms with Crippen LogP contribution in [0.25, 0.3) is 0 Å². The number of nitrogens with one attached hydrogen (secondary N) is 1. The van der Waals surface area contributed by atoms with E-state index in [1.165, 1.54) is 0 Å². The topological polar surface area (TPSA) is 93.6 Å². The van der Waals surface area contributed by atoms with Gasteiger partial charge in [0.15, 0.2) is 0 Å². The number of anilines is 1. The number of carbonyl (C=O) groups excluding carboxylic acids is 1. The van der Waals surface area contributed by atoms with Crippen molar-refractivity contribution in [3.63, 3.8) is 0 Å². The number of carbonyl (C=O) groups is 1. The molecule has 3 aromatic carbocycles. The quantitative estimate of drug-likeness (QED) is 0.302. The summed E-state index contributed by atoms with van der Waals surface area (Å²) in [7, 11) is 1.61. The van der Waals surface area contributed by atoms with E-state index < -0.39 is 0 Å². The second-order valence-electron chi connectivity index (χ2n) is 8.27. The monoisotopic (exact) mass is 470 g/mol. The largest absolute Gasteiger partial charge is 0.497 e. The van der Waals surface area contributed by atoms with E-state index in [0.29, 0.717) is 31.9 Å². The van der Waals surface area contributed by atoms with Gasteiger partial charge in [0.2, 0.25) is 0 Å². The molecule has 0 saturated carbocycles. The van der Waals surface area contributed by atoms with Crippen molar-refractivity contribution in [3.8, 4) is 17.6 Å². The Hall–Kier alpha value is -3.79. The first-order valence-corrected chi connectivity index (χ1v) is 11.9. The molecule has 3 aromatic rings. The summed E-state index contributed by atoms with van der Waals surface area (Å²) < 4.78 is 5.19. The molecule has 2 amide bonds. The summed E-state index contributed by atoms with van der Waals surface area (Å²) in [5.41, 5.74) is 15.5. The molecule has 0 aliphatic carbocycles. The molecule has 0 aliphatic rings. The second-order valence-corrected chi connectivity index (χ2v) is 8.27. The first kappa shape index (κ1) is 25.8. The van der Waals surface area contributed by atoms with Crippen LogP contribution in [-0.4, -0.2) is 44.2 Å². The summed E-state index contributed by atoms with van der Waals surface area (Å²) in [5, 5.41) is 2.98. The highest BCUT2D eigenvalue weighted by molar-refractivity contribution is 5.89. The van der Waals surface area contributed by atoms with Gasteiger partial charge in [-0.15, -0.1) is 0 Å². The lowest BCUT2D eigenvalue weighted by Crippen LogP contribution is -2.40. The number of nitrogens with zero attached hydrogens (tertiary/aromatic N) is 1. The second kappa shape index (κ2) is 13.8. The van der Waals surface area contributed by atoms with Crippen molar-refractivity contribution in [2.45, 2.75) is 18.8 Å². The Bertz CT molecular complexity index is 1100. The van der Waals surface area contributed by atoms with E-state index in [1.54, 1.807) is 7.11 Å². The molecule has 0 fully saturated rings. The third kappa shape index (κ3) is 8.18. The van der Waals surface area contributed by atoms with Crippen molar-refractivity contribution in [3.05, 3.63) is 95.6 Å². The summed E-state index contributed by atoms with van der Waals surface area (Å²) in [5.74, 6) is 7.12. The zero-order valence-corrected chi connectivity index (χ0v) is 20.2. The molecule has 35 heavy (non-hydrogen) atoms. The molecule has 6 heteroatoms. The Morgan fingerprint density at radius 2 is 1.57 bits per heavy atom. The minimum atomic E-state index is -0.156. The van der Waals surface area contributed by atoms with Gasteiger partial charge in [-0.2, -0.15) is 0 Å². The zero-order valence-electron chi connectivity index (χ0n) is 20.2. The maximum absolute atomic E-state index is 13.1. The number of unbranched alkanes of at least 4 members (excludes halogenated alkanes) is 1. The molecular weight excluding hydrogens is 436 g/mol. The van der Waals surface area contributed by atoms with Gasteiger partial charge in [0.1, 0.15) is 5.75 Å². The van der Waals surface area contributed by atoms with E-state index in [4.69, 9.17) is 16.2 Å². The van der Waals surface area contributed by atoms with Gasteiger partial charge >= 0.3 is 6.03 Å². The molecule has 5 N–H and O–H groups in total. The average Bonchev–Trinajstić information content (AvgIpc) is 2.91. The van der Waals surface area contributed by atoms with Crippen molar-refractivity contribution in [2.24, 2.45) is 11.5 Å². The zero-order chi connectivity index (χ0) is 24.9. The van der Waals surface area contributed by atoms with Crippen LogP contribution in [0.2, 0.25) is 0 Å². The number of rotatable bonds is 10. The molecule has 0 saturated heterocycles. The van der Waals surface area contributed by atoms with Gasteiger partial charge in [0.05, 0.1) is 7.11 Å². The predicted octanol–water partition coefficient (Wildman–Crippen LogP) is 4.41. The van der Waals surface area contributed by atoms with E-state index in [2.05, 4.69) is 17.2 Å². The minimum absolute atomic E-state index is 0.00521. The number of nitrogens with two attached hydrogens (primary N) is 2. The standard InChI is InChI=1S/C29H34N4O2/c1-35-28-17-15-27(16-18-28)32-29(34)33(20-6-5-19-30)22-26(21-31)25-13-11-24(12-14-25)10-9-23-7-3-2-4-8-23/h2-4,7-8,11-18,26H,5-6,19-22,30-31H2,1H3,(H,32,34)/t26-/m0/s1. The summed E-state index contributed by atoms with van der Waals surface area (Å²) in [4.78, 5) is 14.9. The van der Waals surface area contributed by atoms with Crippen LogP contribution in [0.15, 0.2) is 78.9 Å². The molecule has 0 radical (unpaired) electrons. The molecule has 0 bridgehead atoms. The number of hydrogen-bond acceptors (Lipinski definition) is 4. The highest BCUT2D eigenvalue weighted by Gasteiger charge is 2.20. The van der Waals surface area contributed by atoms with Crippen LogP contribution in [-0.2, 0) is 0 Å². The lowest BCUT2D eigenvalue weighted by atomic mass is 9.97. The van der Waals surface area contributed by atoms with Gasteiger partial charge < -0.3 is 26.4 Å². The normalized spacial score (nSPS) is 11.2. The van der Waals surface area contributed by atoms with Crippen LogP contribution < -0.4 is 21.5 Å². The number of hydrogen-bond donors (Lipinski definition) is 3. The number of amides is 2. The molecule has 0 heterocycles. The fourth-order valence-electron chi connectivity index (χ4n) is 3.69. The summed E-state index contributed by atoms with van der Waals surface area (Å²) in [6.45, 7) is 2.15. The van der Waals surface area contributed by atoms with Gasteiger partial charge in [-0.05, 0) is 73.5 Å². The molecule has 3 rings (SSSR count). The van der Waals surface area contributed by atoms with E-state index in [-0.39, 0.29) is 11.9 Å². The molecular formula is C29H34N4O2. The van der Waals surface area contributed by atoms with Gasteiger partial charge in [-0.3, -0.25) is 0 Å². The van der Waals surface area contributed by atoms with Crippen LogP contribution in [0.3, 0.4) is 0 Å². The first-order chi connectivity index (χ1) is 17.1. The Balaban J connectivity index is 1.69. The fraction of sp³-hybridized carbons (Fsp3) is 0.276. The summed E-state index contributed by atoms with van der Waals surface area (Å²) in [6.07, 6.45) is 1.69. The predicted molar refractivity (Wildman–Crippen MR) is 143 cm³/mol. The van der Waals surface area contributed by atoms with Crippen LogP contribution in [0, 0.1) is 11.8 Å². The summed E-state index contributed by atoms with van der Waals surface area (Å²) >= 11 is 0. The van der Waals surface area contributed by atoms with Crippen molar-refractivity contribution in [2.75, 3.05) is 38.6 Å². The maximum atomic E-state index is 13.1. The SMILES string of the molecule is COc1ccc(NC(=O)N(CCCCN)C[C@H](CN)c2ccc(C#Cc3ccccc3)cc2)cc1. The van der Waals surface area contributed by atoms with E-state index >= 15 is 0 Å². The highest BCUT2D eigenvalue weighted by Crippen LogP contribution is 2.20. The van der Waals surface area contributed by atoms with E-state index in [0.717, 1.165) is 35.3 Å². The number of benzene rings is 3. The smallest absolute Gasteiger partial charge is 0.321 e. The third-order valence-corrected chi connectivity index (χ3v) is 5.74. The van der Waals surface area contributed by atoms with Crippen molar-refractivity contribution in [1.29, 1.82) is 0 Å². The minimum Gasteiger partial charge on any atom is -0.497 e. The Morgan fingerprint density at radius 3 is 2.17 bits per heavy atom. The fourth-order valence-corrected chi connectivity index (χ4v) is 3.69. The average molecular weight is 471 g/mol. The molecule has 1 atom stereocenters. The van der Waals surface area contributed by atoms with Gasteiger partial charge in [0, 0.05) is 42.4 Å². The molecule has 0 aliphatic heterocycles. The van der Waals surface area contributed by atoms with Crippen molar-refractivity contribution in [1.82, 2.24) is 4.90 Å². The highest BCUT2D eigenvalue weighted by atomic mass is 16.5. The van der Waals surface area contributed by atoms with Crippen LogP contribution >= 0.6 is 0 Å². The van der Waals surface area contributed by atoms with E-state index in [9.17, 15) is 4.79 Å². The van der Waals surface area contributed by atoms with Gasteiger partial charge in [-0.1, -0.05) is 42.2 Å². The number of methoxy groups -OCH3 is 1. The number of ether oxygens (including phenoxy) is 1. The lowest BCUT2D eigenvalue weighted by Gasteiger charge is -2.28. The number of urea groups is 1. The molecule has 0 unspecified atom stereocenters. The Labute approximate surface area is 208 Å². The lowest BCUT2D eigenvalue weighted by molar-refractivity contribution is 0.207.